The summed E-state index contributed by atoms with van der Waals surface area (Å²) in [6.45, 7) is 2.67. The summed E-state index contributed by atoms with van der Waals surface area (Å²) in [5, 5.41) is 4.48. The van der Waals surface area contributed by atoms with E-state index < -0.39 is 0 Å². The number of nitrogens with zero attached hydrogens (tertiary/aromatic N) is 3. The summed E-state index contributed by atoms with van der Waals surface area (Å²) < 4.78 is 3.93. The molecule has 1 aliphatic heterocycles. The van der Waals surface area contributed by atoms with Crippen molar-refractivity contribution in [2.75, 3.05) is 13.1 Å². The second-order valence-electron chi connectivity index (χ2n) is 7.64. The van der Waals surface area contributed by atoms with Crippen LogP contribution in [0.15, 0.2) is 59.4 Å². The molecule has 0 atom stereocenters. The van der Waals surface area contributed by atoms with Crippen LogP contribution >= 0.6 is 0 Å². The highest BCUT2D eigenvalue weighted by atomic mass is 16.1. The third-order valence-corrected chi connectivity index (χ3v) is 5.91. The lowest BCUT2D eigenvalue weighted by Gasteiger charge is -2.23. The Morgan fingerprint density at radius 3 is 2.54 bits per heavy atom. The van der Waals surface area contributed by atoms with Crippen LogP contribution in [-0.2, 0) is 13.6 Å². The molecule has 2 aromatic heterocycles. The predicted molar refractivity (Wildman–Crippen MR) is 113 cm³/mol. The van der Waals surface area contributed by atoms with Gasteiger partial charge in [-0.3, -0.25) is 4.79 Å². The van der Waals surface area contributed by atoms with E-state index in [1.54, 1.807) is 4.57 Å². The van der Waals surface area contributed by atoms with Crippen LogP contribution in [0, 0.1) is 0 Å². The minimum Gasteiger partial charge on any atom is -0.319 e. The van der Waals surface area contributed by atoms with Gasteiger partial charge in [0.25, 0.3) is 5.56 Å². The van der Waals surface area contributed by atoms with Gasteiger partial charge in [-0.25, -0.2) is 4.98 Å². The third kappa shape index (κ3) is 2.74. The van der Waals surface area contributed by atoms with Gasteiger partial charge < -0.3 is 14.5 Å². The second-order valence-corrected chi connectivity index (χ2v) is 7.64. The van der Waals surface area contributed by atoms with Crippen molar-refractivity contribution in [2.24, 2.45) is 7.05 Å². The summed E-state index contributed by atoms with van der Waals surface area (Å²) in [6.07, 6.45) is 2.10. The zero-order chi connectivity index (χ0) is 19.1. The lowest BCUT2D eigenvalue weighted by molar-refractivity contribution is 0.435. The number of para-hydroxylation sites is 1. The van der Waals surface area contributed by atoms with E-state index in [0.29, 0.717) is 12.5 Å². The van der Waals surface area contributed by atoms with Crippen molar-refractivity contribution in [2.45, 2.75) is 25.3 Å². The largest absolute Gasteiger partial charge is 0.319 e. The van der Waals surface area contributed by atoms with Crippen molar-refractivity contribution >= 4 is 21.9 Å². The highest BCUT2D eigenvalue weighted by molar-refractivity contribution is 6.02. The van der Waals surface area contributed by atoms with Crippen molar-refractivity contribution in [3.63, 3.8) is 0 Å². The molecule has 3 heterocycles. The van der Waals surface area contributed by atoms with Gasteiger partial charge in [-0.15, -0.1) is 0 Å². The molecule has 1 saturated heterocycles. The quantitative estimate of drug-likeness (QED) is 0.600. The predicted octanol–water partition coefficient (Wildman–Crippen LogP) is 3.40. The number of aromatic nitrogens is 3. The van der Waals surface area contributed by atoms with Crippen LogP contribution in [0.3, 0.4) is 0 Å². The average Bonchev–Trinajstić information content (AvgIpc) is 3.13. The maximum Gasteiger partial charge on any atom is 0.276 e. The van der Waals surface area contributed by atoms with Crippen LogP contribution < -0.4 is 10.9 Å². The Balaban J connectivity index is 1.81. The van der Waals surface area contributed by atoms with Crippen LogP contribution in [0.25, 0.3) is 21.9 Å². The summed E-state index contributed by atoms with van der Waals surface area (Å²) in [6, 6.07) is 18.4. The SMILES string of the molecule is Cn1c(=O)c2c(nc(C3CCNCC3)n2Cc2ccccc2)c2ccccc21. The second kappa shape index (κ2) is 6.91. The first-order valence-corrected chi connectivity index (χ1v) is 9.96. The molecule has 0 amide bonds. The van der Waals surface area contributed by atoms with Gasteiger partial charge in [0.1, 0.15) is 16.9 Å². The highest BCUT2D eigenvalue weighted by Crippen LogP contribution is 2.30. The number of pyridine rings is 1. The Bertz CT molecular complexity index is 1200. The van der Waals surface area contributed by atoms with Gasteiger partial charge in [-0.05, 0) is 37.6 Å². The number of hydrogen-bond acceptors (Lipinski definition) is 3. The number of imidazole rings is 1. The molecule has 0 saturated carbocycles. The molecule has 1 fully saturated rings. The topological polar surface area (TPSA) is 51.9 Å². The van der Waals surface area contributed by atoms with Crippen molar-refractivity contribution in [1.82, 2.24) is 19.4 Å². The molecule has 5 rings (SSSR count). The molecule has 2 aromatic carbocycles. The molecular weight excluding hydrogens is 348 g/mol. The zero-order valence-corrected chi connectivity index (χ0v) is 16.1. The first-order chi connectivity index (χ1) is 13.7. The summed E-state index contributed by atoms with van der Waals surface area (Å²) in [5.74, 6) is 1.43. The van der Waals surface area contributed by atoms with Gasteiger partial charge >= 0.3 is 0 Å². The standard InChI is InChI=1S/C23H24N4O/c1-26-19-10-6-5-9-18(19)20-21(23(26)28)27(15-16-7-3-2-4-8-16)22(25-20)17-11-13-24-14-12-17/h2-10,17,24H,11-15H2,1H3. The molecule has 0 spiro atoms. The fourth-order valence-electron chi connectivity index (χ4n) is 4.43. The minimum atomic E-state index is 0.0253. The molecule has 0 bridgehead atoms. The summed E-state index contributed by atoms with van der Waals surface area (Å²) in [7, 11) is 1.86. The Kier molecular flexibility index (Phi) is 4.24. The van der Waals surface area contributed by atoms with Gasteiger partial charge in [-0.2, -0.15) is 0 Å². The number of hydrogen-bond donors (Lipinski definition) is 1. The molecule has 1 N–H and O–H groups in total. The number of piperidine rings is 1. The molecular formula is C23H24N4O. The number of fused-ring (bicyclic) bond motifs is 3. The Labute approximate surface area is 163 Å². The average molecular weight is 372 g/mol. The smallest absolute Gasteiger partial charge is 0.276 e. The number of nitrogens with one attached hydrogen (secondary N) is 1. The number of rotatable bonds is 3. The van der Waals surface area contributed by atoms with E-state index in [4.69, 9.17) is 4.98 Å². The van der Waals surface area contributed by atoms with Crippen LogP contribution in [0.5, 0.6) is 0 Å². The van der Waals surface area contributed by atoms with Crippen LogP contribution in [0.2, 0.25) is 0 Å². The lowest BCUT2D eigenvalue weighted by Crippen LogP contribution is -2.28. The van der Waals surface area contributed by atoms with Crippen molar-refractivity contribution < 1.29 is 0 Å². The van der Waals surface area contributed by atoms with E-state index in [0.717, 1.165) is 53.7 Å². The molecule has 1 aliphatic rings. The molecule has 5 nitrogen and oxygen atoms in total. The van der Waals surface area contributed by atoms with Crippen LogP contribution in [0.1, 0.15) is 30.1 Å². The molecule has 142 valence electrons. The van der Waals surface area contributed by atoms with Crippen molar-refractivity contribution in [1.29, 1.82) is 0 Å². The molecule has 28 heavy (non-hydrogen) atoms. The highest BCUT2D eigenvalue weighted by Gasteiger charge is 2.25. The van der Waals surface area contributed by atoms with Crippen LogP contribution in [0.4, 0.5) is 0 Å². The summed E-state index contributed by atoms with van der Waals surface area (Å²) >= 11 is 0. The number of aryl methyl sites for hydroxylation is 1. The monoisotopic (exact) mass is 372 g/mol. The first-order valence-electron chi connectivity index (χ1n) is 9.96. The molecule has 0 aliphatic carbocycles. The summed E-state index contributed by atoms with van der Waals surface area (Å²) in [4.78, 5) is 18.4. The van der Waals surface area contributed by atoms with E-state index >= 15 is 0 Å². The molecule has 0 radical (unpaired) electrons. The van der Waals surface area contributed by atoms with Gasteiger partial charge in [0, 0.05) is 24.9 Å². The van der Waals surface area contributed by atoms with E-state index in [-0.39, 0.29) is 5.56 Å². The van der Waals surface area contributed by atoms with E-state index in [1.807, 2.05) is 43.4 Å². The Hall–Kier alpha value is -2.92. The molecule has 0 unspecified atom stereocenters. The van der Waals surface area contributed by atoms with Gasteiger partial charge in [0.2, 0.25) is 0 Å². The fraction of sp³-hybridized carbons (Fsp3) is 0.304. The van der Waals surface area contributed by atoms with E-state index in [9.17, 15) is 4.79 Å². The van der Waals surface area contributed by atoms with Gasteiger partial charge in [0.15, 0.2) is 0 Å². The van der Waals surface area contributed by atoms with Crippen LogP contribution in [-0.4, -0.2) is 27.2 Å². The van der Waals surface area contributed by atoms with Gasteiger partial charge in [0.05, 0.1) is 5.52 Å². The molecule has 5 heteroatoms. The summed E-state index contributed by atoms with van der Waals surface area (Å²) in [5.41, 5.74) is 3.70. The Morgan fingerprint density at radius 2 is 1.75 bits per heavy atom. The van der Waals surface area contributed by atoms with Gasteiger partial charge in [-0.1, -0.05) is 48.5 Å². The third-order valence-electron chi connectivity index (χ3n) is 5.91. The lowest BCUT2D eigenvalue weighted by atomic mass is 9.97. The molecule has 4 aromatic rings. The Morgan fingerprint density at radius 1 is 1.04 bits per heavy atom. The van der Waals surface area contributed by atoms with Crippen molar-refractivity contribution in [3.8, 4) is 0 Å². The normalized spacial score (nSPS) is 15.5. The maximum atomic E-state index is 13.3. The first kappa shape index (κ1) is 17.2. The zero-order valence-electron chi connectivity index (χ0n) is 16.1. The van der Waals surface area contributed by atoms with Crippen molar-refractivity contribution in [3.05, 3.63) is 76.3 Å². The fourth-order valence-corrected chi connectivity index (χ4v) is 4.43. The minimum absolute atomic E-state index is 0.0253. The van der Waals surface area contributed by atoms with E-state index in [2.05, 4.69) is 28.1 Å². The number of benzene rings is 2. The maximum absolute atomic E-state index is 13.3. The van der Waals surface area contributed by atoms with E-state index in [1.165, 1.54) is 5.56 Å².